The highest BCUT2D eigenvalue weighted by Gasteiger charge is 2.14. The van der Waals surface area contributed by atoms with Crippen molar-refractivity contribution >= 4 is 21.5 Å². The fraction of sp³-hybridized carbons (Fsp3) is 0.154. The van der Waals surface area contributed by atoms with Crippen LogP contribution in [-0.4, -0.2) is 28.4 Å². The van der Waals surface area contributed by atoms with Crippen LogP contribution in [0.3, 0.4) is 0 Å². The molecule has 4 rings (SSSR count). The van der Waals surface area contributed by atoms with Gasteiger partial charge in [0.1, 0.15) is 23.0 Å². The molecule has 0 bridgehead atoms. The molecule has 0 amide bonds. The molecule has 0 aliphatic rings. The highest BCUT2D eigenvalue weighted by atomic mass is 16.5. The molecular formula is C26H22O4. The average Bonchev–Trinajstić information content (AvgIpc) is 2.81. The second-order valence-corrected chi connectivity index (χ2v) is 6.66. The van der Waals surface area contributed by atoms with Crippen LogP contribution in [0.1, 0.15) is 11.1 Å². The first-order chi connectivity index (χ1) is 14.7. The van der Waals surface area contributed by atoms with Crippen molar-refractivity contribution in [2.75, 3.05) is 28.4 Å². The zero-order valence-corrected chi connectivity index (χ0v) is 17.4. The summed E-state index contributed by atoms with van der Waals surface area (Å²) in [6.45, 7) is 0. The average molecular weight is 398 g/mol. The largest absolute Gasteiger partial charge is 0.496 e. The molecule has 0 N–H and O–H groups in total. The van der Waals surface area contributed by atoms with Crippen LogP contribution in [0.25, 0.3) is 21.5 Å². The number of rotatable bonds is 4. The SMILES string of the molecule is COc1cc(C#Cc2cc(OC)c3ccccc3c2OC)c(OC)c2ccccc12. The van der Waals surface area contributed by atoms with Gasteiger partial charge in [0.2, 0.25) is 0 Å². The first kappa shape index (κ1) is 19.5. The first-order valence-corrected chi connectivity index (χ1v) is 9.51. The van der Waals surface area contributed by atoms with Crippen molar-refractivity contribution in [1.82, 2.24) is 0 Å². The van der Waals surface area contributed by atoms with E-state index >= 15 is 0 Å². The molecule has 150 valence electrons. The minimum Gasteiger partial charge on any atom is -0.496 e. The lowest BCUT2D eigenvalue weighted by molar-refractivity contribution is 0.409. The van der Waals surface area contributed by atoms with E-state index in [2.05, 4.69) is 11.8 Å². The van der Waals surface area contributed by atoms with Crippen molar-refractivity contribution in [1.29, 1.82) is 0 Å². The molecule has 0 atom stereocenters. The van der Waals surface area contributed by atoms with Gasteiger partial charge in [-0.25, -0.2) is 0 Å². The summed E-state index contributed by atoms with van der Waals surface area (Å²) < 4.78 is 22.6. The fourth-order valence-electron chi connectivity index (χ4n) is 3.73. The van der Waals surface area contributed by atoms with Crippen molar-refractivity contribution in [2.24, 2.45) is 0 Å². The van der Waals surface area contributed by atoms with Crippen molar-refractivity contribution < 1.29 is 18.9 Å². The first-order valence-electron chi connectivity index (χ1n) is 9.51. The molecular weight excluding hydrogens is 376 g/mol. The molecule has 4 aromatic carbocycles. The van der Waals surface area contributed by atoms with Crippen molar-refractivity contribution in [3.05, 3.63) is 71.8 Å². The van der Waals surface area contributed by atoms with E-state index in [9.17, 15) is 0 Å². The number of ether oxygens (including phenoxy) is 4. The van der Waals surface area contributed by atoms with Crippen molar-refractivity contribution in [2.45, 2.75) is 0 Å². The van der Waals surface area contributed by atoms with Gasteiger partial charge in [0.05, 0.1) is 39.6 Å². The van der Waals surface area contributed by atoms with E-state index in [0.29, 0.717) is 11.5 Å². The summed E-state index contributed by atoms with van der Waals surface area (Å²) in [5.74, 6) is 9.42. The van der Waals surface area contributed by atoms with Gasteiger partial charge in [0, 0.05) is 33.7 Å². The molecule has 0 aliphatic carbocycles. The summed E-state index contributed by atoms with van der Waals surface area (Å²) in [5, 5.41) is 3.86. The number of methoxy groups -OCH3 is 4. The quantitative estimate of drug-likeness (QED) is 0.430. The second-order valence-electron chi connectivity index (χ2n) is 6.66. The molecule has 0 aromatic heterocycles. The molecule has 0 saturated carbocycles. The third-order valence-electron chi connectivity index (χ3n) is 5.09. The maximum atomic E-state index is 5.70. The number of hydrogen-bond donors (Lipinski definition) is 0. The zero-order valence-electron chi connectivity index (χ0n) is 17.4. The van der Waals surface area contributed by atoms with Crippen molar-refractivity contribution in [3.63, 3.8) is 0 Å². The number of hydrogen-bond acceptors (Lipinski definition) is 4. The predicted molar refractivity (Wildman–Crippen MR) is 120 cm³/mol. The summed E-state index contributed by atoms with van der Waals surface area (Å²) in [6.07, 6.45) is 0. The molecule has 4 nitrogen and oxygen atoms in total. The smallest absolute Gasteiger partial charge is 0.142 e. The summed E-state index contributed by atoms with van der Waals surface area (Å²) in [6, 6.07) is 19.7. The van der Waals surface area contributed by atoms with Crippen LogP contribution >= 0.6 is 0 Å². The minimum absolute atomic E-state index is 0.714. The van der Waals surface area contributed by atoms with Gasteiger partial charge in [-0.05, 0) is 0 Å². The number of fused-ring (bicyclic) bond motifs is 2. The van der Waals surface area contributed by atoms with Crippen LogP contribution in [0.4, 0.5) is 0 Å². The van der Waals surface area contributed by atoms with E-state index in [0.717, 1.165) is 44.2 Å². The monoisotopic (exact) mass is 398 g/mol. The van der Waals surface area contributed by atoms with E-state index < -0.39 is 0 Å². The summed E-state index contributed by atoms with van der Waals surface area (Å²) in [4.78, 5) is 0. The van der Waals surface area contributed by atoms with Crippen LogP contribution in [0.15, 0.2) is 60.7 Å². The summed E-state index contributed by atoms with van der Waals surface area (Å²) >= 11 is 0. The van der Waals surface area contributed by atoms with Crippen LogP contribution in [0, 0.1) is 11.8 Å². The highest BCUT2D eigenvalue weighted by molar-refractivity contribution is 5.97. The summed E-state index contributed by atoms with van der Waals surface area (Å²) in [7, 11) is 6.61. The van der Waals surface area contributed by atoms with Crippen LogP contribution in [0.5, 0.6) is 23.0 Å². The van der Waals surface area contributed by atoms with E-state index in [1.807, 2.05) is 60.7 Å². The van der Waals surface area contributed by atoms with Gasteiger partial charge in [-0.15, -0.1) is 0 Å². The Morgan fingerprint density at radius 3 is 1.20 bits per heavy atom. The molecule has 4 heteroatoms. The molecule has 4 aromatic rings. The lowest BCUT2D eigenvalue weighted by Gasteiger charge is -2.13. The molecule has 0 heterocycles. The Kier molecular flexibility index (Phi) is 5.36. The van der Waals surface area contributed by atoms with Gasteiger partial charge in [-0.3, -0.25) is 0 Å². The van der Waals surface area contributed by atoms with Gasteiger partial charge in [-0.2, -0.15) is 0 Å². The minimum atomic E-state index is 0.714. The Labute approximate surface area is 175 Å². The Morgan fingerprint density at radius 2 is 0.867 bits per heavy atom. The van der Waals surface area contributed by atoms with E-state index in [-0.39, 0.29) is 0 Å². The molecule has 0 radical (unpaired) electrons. The number of benzene rings is 4. The molecule has 0 saturated heterocycles. The molecule has 0 aliphatic heterocycles. The predicted octanol–water partition coefficient (Wildman–Crippen LogP) is 5.43. The van der Waals surface area contributed by atoms with Gasteiger partial charge >= 0.3 is 0 Å². The van der Waals surface area contributed by atoms with E-state index in [1.54, 1.807) is 28.4 Å². The molecule has 0 spiro atoms. The molecule has 0 unspecified atom stereocenters. The molecule has 0 fully saturated rings. The van der Waals surface area contributed by atoms with Crippen LogP contribution in [0.2, 0.25) is 0 Å². The second kappa shape index (κ2) is 8.26. The maximum absolute atomic E-state index is 5.70. The van der Waals surface area contributed by atoms with Crippen molar-refractivity contribution in [3.8, 4) is 34.8 Å². The highest BCUT2D eigenvalue weighted by Crippen LogP contribution is 2.38. The van der Waals surface area contributed by atoms with Crippen LogP contribution < -0.4 is 18.9 Å². The Bertz CT molecular complexity index is 1200. The Morgan fingerprint density at radius 1 is 0.500 bits per heavy atom. The summed E-state index contributed by atoms with van der Waals surface area (Å²) in [5.41, 5.74) is 1.48. The van der Waals surface area contributed by atoms with Gasteiger partial charge in [-0.1, -0.05) is 60.4 Å². The van der Waals surface area contributed by atoms with Crippen LogP contribution in [-0.2, 0) is 0 Å². The van der Waals surface area contributed by atoms with E-state index in [4.69, 9.17) is 18.9 Å². The fourth-order valence-corrected chi connectivity index (χ4v) is 3.73. The Balaban J connectivity index is 1.95. The normalized spacial score (nSPS) is 10.4. The maximum Gasteiger partial charge on any atom is 0.142 e. The van der Waals surface area contributed by atoms with Gasteiger partial charge < -0.3 is 18.9 Å². The molecule has 30 heavy (non-hydrogen) atoms. The van der Waals surface area contributed by atoms with E-state index in [1.165, 1.54) is 0 Å². The topological polar surface area (TPSA) is 36.9 Å². The zero-order chi connectivity index (χ0) is 21.1. The van der Waals surface area contributed by atoms with Gasteiger partial charge in [0.25, 0.3) is 0 Å². The standard InChI is InChI=1S/C26H22O4/c1-27-23-15-17(25(29-3)21-11-7-5-9-19(21)23)13-14-18-16-24(28-2)20-10-6-8-12-22(20)26(18)30-4/h5-12,15-16H,1-4H3. The lowest BCUT2D eigenvalue weighted by Crippen LogP contribution is -1.95. The van der Waals surface area contributed by atoms with Gasteiger partial charge in [0.15, 0.2) is 0 Å². The third-order valence-corrected chi connectivity index (χ3v) is 5.09. The Hall–Kier alpha value is -3.84. The third kappa shape index (κ3) is 3.25. The lowest BCUT2D eigenvalue weighted by atomic mass is 10.0.